The van der Waals surface area contributed by atoms with E-state index in [9.17, 15) is 0 Å². The van der Waals surface area contributed by atoms with Crippen molar-refractivity contribution in [3.05, 3.63) is 60.2 Å². The molecule has 2 heteroatoms. The second-order valence-electron chi connectivity index (χ2n) is 5.09. The lowest BCUT2D eigenvalue weighted by atomic mass is 10.0. The first-order chi connectivity index (χ1) is 9.79. The molecule has 0 aromatic heterocycles. The second kappa shape index (κ2) is 7.71. The number of hydrogen-bond donors (Lipinski definition) is 1. The molecule has 106 valence electrons. The number of ether oxygens (including phenoxy) is 1. The topological polar surface area (TPSA) is 35.2 Å². The minimum absolute atomic E-state index is 0.132. The van der Waals surface area contributed by atoms with Crippen LogP contribution in [0.25, 0.3) is 0 Å². The van der Waals surface area contributed by atoms with Crippen molar-refractivity contribution >= 4 is 0 Å². The third-order valence-corrected chi connectivity index (χ3v) is 3.41. The number of rotatable bonds is 7. The van der Waals surface area contributed by atoms with Crippen LogP contribution in [0, 0.1) is 0 Å². The fraction of sp³-hybridized carbons (Fsp3) is 0.333. The Labute approximate surface area is 121 Å². The van der Waals surface area contributed by atoms with E-state index in [0.29, 0.717) is 0 Å². The highest BCUT2D eigenvalue weighted by Gasteiger charge is 2.06. The van der Waals surface area contributed by atoms with Crippen molar-refractivity contribution in [1.82, 2.24) is 0 Å². The van der Waals surface area contributed by atoms with Crippen molar-refractivity contribution in [1.29, 1.82) is 0 Å². The van der Waals surface area contributed by atoms with Gasteiger partial charge in [-0.1, -0.05) is 56.5 Å². The highest BCUT2D eigenvalue weighted by molar-refractivity contribution is 5.33. The predicted molar refractivity (Wildman–Crippen MR) is 84.0 cm³/mol. The molecule has 2 aromatic carbocycles. The van der Waals surface area contributed by atoms with E-state index < -0.39 is 0 Å². The zero-order chi connectivity index (χ0) is 14.2. The van der Waals surface area contributed by atoms with Gasteiger partial charge in [0.15, 0.2) is 0 Å². The molecule has 2 aromatic rings. The Bertz CT molecular complexity index is 493. The minimum Gasteiger partial charge on any atom is -0.457 e. The quantitative estimate of drug-likeness (QED) is 0.713. The van der Waals surface area contributed by atoms with Crippen molar-refractivity contribution in [3.8, 4) is 11.5 Å². The first kappa shape index (κ1) is 14.6. The van der Waals surface area contributed by atoms with Crippen LogP contribution in [0.4, 0.5) is 0 Å². The van der Waals surface area contributed by atoms with E-state index in [1.165, 1.54) is 24.8 Å². The molecule has 1 atom stereocenters. The van der Waals surface area contributed by atoms with Gasteiger partial charge in [0, 0.05) is 6.04 Å². The Kier molecular flexibility index (Phi) is 5.63. The van der Waals surface area contributed by atoms with Crippen LogP contribution in [-0.4, -0.2) is 0 Å². The molecule has 0 heterocycles. The normalized spacial score (nSPS) is 12.1. The van der Waals surface area contributed by atoms with Gasteiger partial charge in [-0.05, 0) is 36.2 Å². The summed E-state index contributed by atoms with van der Waals surface area (Å²) < 4.78 is 5.77. The lowest BCUT2D eigenvalue weighted by molar-refractivity contribution is 0.482. The van der Waals surface area contributed by atoms with Gasteiger partial charge in [0.1, 0.15) is 11.5 Å². The van der Waals surface area contributed by atoms with Crippen LogP contribution >= 0.6 is 0 Å². The first-order valence-electron chi connectivity index (χ1n) is 7.38. The summed E-state index contributed by atoms with van der Waals surface area (Å²) in [5.74, 6) is 1.70. The third-order valence-electron chi connectivity index (χ3n) is 3.41. The minimum atomic E-state index is 0.132. The zero-order valence-corrected chi connectivity index (χ0v) is 12.1. The molecule has 0 amide bonds. The second-order valence-corrected chi connectivity index (χ2v) is 5.09. The Morgan fingerprint density at radius 3 is 2.20 bits per heavy atom. The van der Waals surface area contributed by atoms with Gasteiger partial charge in [-0.15, -0.1) is 0 Å². The van der Waals surface area contributed by atoms with E-state index in [4.69, 9.17) is 10.5 Å². The molecule has 0 fully saturated rings. The van der Waals surface area contributed by atoms with Crippen LogP contribution in [-0.2, 0) is 0 Å². The van der Waals surface area contributed by atoms with Crippen molar-refractivity contribution in [2.45, 2.75) is 38.6 Å². The number of benzene rings is 2. The summed E-state index contributed by atoms with van der Waals surface area (Å²) in [6.45, 7) is 2.21. The van der Waals surface area contributed by atoms with Crippen LogP contribution < -0.4 is 10.5 Å². The molecule has 0 aliphatic rings. The summed E-state index contributed by atoms with van der Waals surface area (Å²) in [7, 11) is 0. The van der Waals surface area contributed by atoms with Gasteiger partial charge < -0.3 is 10.5 Å². The summed E-state index contributed by atoms with van der Waals surface area (Å²) in [4.78, 5) is 0. The van der Waals surface area contributed by atoms with Crippen LogP contribution in [0.2, 0.25) is 0 Å². The molecule has 0 aliphatic carbocycles. The number of nitrogens with two attached hydrogens (primary N) is 1. The highest BCUT2D eigenvalue weighted by Crippen LogP contribution is 2.24. The van der Waals surface area contributed by atoms with Crippen molar-refractivity contribution in [2.24, 2.45) is 5.73 Å². The standard InChI is InChI=1S/C18H23NO/c1-2-3-5-10-18(19)15-11-13-17(14-12-15)20-16-8-6-4-7-9-16/h4,6-9,11-14,18H,2-3,5,10,19H2,1H3/t18-/m0/s1. The number of para-hydroxylation sites is 1. The molecular formula is C18H23NO. The maximum absolute atomic E-state index is 6.20. The summed E-state index contributed by atoms with van der Waals surface area (Å²) in [5.41, 5.74) is 7.38. The van der Waals surface area contributed by atoms with E-state index in [-0.39, 0.29) is 6.04 Å². The molecule has 0 radical (unpaired) electrons. The van der Waals surface area contributed by atoms with E-state index in [1.54, 1.807) is 0 Å². The van der Waals surface area contributed by atoms with E-state index in [2.05, 4.69) is 19.1 Å². The highest BCUT2D eigenvalue weighted by atomic mass is 16.5. The largest absolute Gasteiger partial charge is 0.457 e. The summed E-state index contributed by atoms with van der Waals surface area (Å²) in [6.07, 6.45) is 4.73. The van der Waals surface area contributed by atoms with Crippen molar-refractivity contribution in [3.63, 3.8) is 0 Å². The number of unbranched alkanes of at least 4 members (excludes halogenated alkanes) is 2. The average Bonchev–Trinajstić information content (AvgIpc) is 2.49. The van der Waals surface area contributed by atoms with Gasteiger partial charge in [0.2, 0.25) is 0 Å². The van der Waals surface area contributed by atoms with Crippen LogP contribution in [0.5, 0.6) is 11.5 Å². The molecule has 20 heavy (non-hydrogen) atoms. The molecule has 2 N–H and O–H groups in total. The van der Waals surface area contributed by atoms with Gasteiger partial charge in [0.25, 0.3) is 0 Å². The van der Waals surface area contributed by atoms with Gasteiger partial charge >= 0.3 is 0 Å². The Hall–Kier alpha value is -1.80. The SMILES string of the molecule is CCCCC[C@H](N)c1ccc(Oc2ccccc2)cc1. The Morgan fingerprint density at radius 1 is 0.900 bits per heavy atom. The van der Waals surface area contributed by atoms with Crippen molar-refractivity contribution in [2.75, 3.05) is 0 Å². The number of hydrogen-bond acceptors (Lipinski definition) is 2. The predicted octanol–water partition coefficient (Wildman–Crippen LogP) is 5.06. The molecule has 2 nitrogen and oxygen atoms in total. The monoisotopic (exact) mass is 269 g/mol. The smallest absolute Gasteiger partial charge is 0.127 e. The lowest BCUT2D eigenvalue weighted by Crippen LogP contribution is -2.09. The van der Waals surface area contributed by atoms with E-state index >= 15 is 0 Å². The zero-order valence-electron chi connectivity index (χ0n) is 12.1. The molecule has 0 unspecified atom stereocenters. The first-order valence-corrected chi connectivity index (χ1v) is 7.38. The van der Waals surface area contributed by atoms with Crippen LogP contribution in [0.15, 0.2) is 54.6 Å². The molecule has 0 saturated carbocycles. The van der Waals surface area contributed by atoms with Gasteiger partial charge in [-0.2, -0.15) is 0 Å². The lowest BCUT2D eigenvalue weighted by Gasteiger charge is -2.12. The van der Waals surface area contributed by atoms with Crippen LogP contribution in [0.3, 0.4) is 0 Å². The summed E-state index contributed by atoms with van der Waals surface area (Å²) >= 11 is 0. The molecule has 0 aliphatic heterocycles. The summed E-state index contributed by atoms with van der Waals surface area (Å²) in [6, 6.07) is 18.0. The molecular weight excluding hydrogens is 246 g/mol. The van der Waals surface area contributed by atoms with Gasteiger partial charge in [-0.25, -0.2) is 0 Å². The maximum atomic E-state index is 6.20. The van der Waals surface area contributed by atoms with Gasteiger partial charge in [0.05, 0.1) is 0 Å². The van der Waals surface area contributed by atoms with E-state index in [1.807, 2.05) is 42.5 Å². The van der Waals surface area contributed by atoms with Crippen LogP contribution in [0.1, 0.15) is 44.2 Å². The molecule has 0 bridgehead atoms. The van der Waals surface area contributed by atoms with Gasteiger partial charge in [-0.3, -0.25) is 0 Å². The summed E-state index contributed by atoms with van der Waals surface area (Å²) in [5, 5.41) is 0. The molecule has 0 spiro atoms. The Balaban J connectivity index is 1.92. The molecule has 2 rings (SSSR count). The maximum Gasteiger partial charge on any atom is 0.127 e. The van der Waals surface area contributed by atoms with E-state index in [0.717, 1.165) is 17.9 Å². The molecule has 0 saturated heterocycles. The fourth-order valence-corrected chi connectivity index (χ4v) is 2.19. The fourth-order valence-electron chi connectivity index (χ4n) is 2.19. The van der Waals surface area contributed by atoms with Crippen molar-refractivity contribution < 1.29 is 4.74 Å². The Morgan fingerprint density at radius 2 is 1.55 bits per heavy atom. The average molecular weight is 269 g/mol. The third kappa shape index (κ3) is 4.39.